The Labute approximate surface area is 162 Å². The molecule has 0 saturated carbocycles. The topological polar surface area (TPSA) is 57.0 Å². The molecular weight excluding hydrogens is 394 g/mol. The molecule has 1 saturated heterocycles. The third-order valence-corrected chi connectivity index (χ3v) is 5.57. The maximum Gasteiger partial charge on any atom is 0.275 e. The first-order valence-corrected chi connectivity index (χ1v) is 9.74. The number of halogens is 1. The fourth-order valence-corrected chi connectivity index (χ4v) is 4.02. The minimum absolute atomic E-state index is 0.0278. The van der Waals surface area contributed by atoms with Gasteiger partial charge in [0.05, 0.1) is 37.9 Å². The molecule has 0 radical (unpaired) electrons. The molecule has 1 aliphatic heterocycles. The monoisotopic (exact) mass is 418 g/mol. The number of benzene rings is 2. The van der Waals surface area contributed by atoms with Gasteiger partial charge in [0.1, 0.15) is 5.75 Å². The molecule has 0 aliphatic carbocycles. The van der Waals surface area contributed by atoms with Crippen molar-refractivity contribution in [3.63, 3.8) is 0 Å². The summed E-state index contributed by atoms with van der Waals surface area (Å²) in [6, 6.07) is 15.3. The zero-order valence-corrected chi connectivity index (χ0v) is 16.5. The Kier molecular flexibility index (Phi) is 6.16. The number of piperazine rings is 1. The smallest absolute Gasteiger partial charge is 0.275 e. The van der Waals surface area contributed by atoms with Crippen molar-refractivity contribution in [2.45, 2.75) is 13.0 Å². The lowest BCUT2D eigenvalue weighted by molar-refractivity contribution is -0.892. The number of nitrogens with one attached hydrogen (secondary N) is 2. The molecule has 1 amide bonds. The molecule has 2 aromatic carbocycles. The molecule has 138 valence electrons. The highest BCUT2D eigenvalue weighted by Crippen LogP contribution is 2.26. The summed E-state index contributed by atoms with van der Waals surface area (Å²) >= 11 is 3.54. The predicted molar refractivity (Wildman–Crippen MR) is 107 cm³/mol. The molecule has 1 aliphatic rings. The summed E-state index contributed by atoms with van der Waals surface area (Å²) in [5.74, 6) is 0.384. The Morgan fingerprint density at radius 1 is 1.19 bits per heavy atom. The fraction of sp³-hybridized carbons (Fsp3) is 0.350. The summed E-state index contributed by atoms with van der Waals surface area (Å²) in [6.07, 6.45) is 0. The Morgan fingerprint density at radius 3 is 2.54 bits per heavy atom. The Morgan fingerprint density at radius 2 is 1.85 bits per heavy atom. The third kappa shape index (κ3) is 4.56. The number of phenols is 1. The van der Waals surface area contributed by atoms with Crippen molar-refractivity contribution in [1.82, 2.24) is 5.32 Å². The number of amides is 1. The molecule has 1 heterocycles. The van der Waals surface area contributed by atoms with Crippen molar-refractivity contribution in [3.05, 3.63) is 58.6 Å². The second kappa shape index (κ2) is 8.56. The molecule has 5 nitrogen and oxygen atoms in total. The Balaban J connectivity index is 1.49. The highest BCUT2D eigenvalue weighted by atomic mass is 79.9. The highest BCUT2D eigenvalue weighted by Gasteiger charge is 2.24. The number of carbonyl (C=O) groups excluding carboxylic acids is 1. The average molecular weight is 419 g/mol. The minimum Gasteiger partial charge on any atom is -0.506 e. The average Bonchev–Trinajstić information content (AvgIpc) is 2.63. The van der Waals surface area contributed by atoms with Gasteiger partial charge in [0.25, 0.3) is 5.91 Å². The number of rotatable bonds is 5. The van der Waals surface area contributed by atoms with E-state index in [1.54, 1.807) is 6.07 Å². The van der Waals surface area contributed by atoms with Crippen molar-refractivity contribution >= 4 is 27.5 Å². The molecule has 1 atom stereocenters. The van der Waals surface area contributed by atoms with Crippen LogP contribution in [-0.2, 0) is 4.79 Å². The van der Waals surface area contributed by atoms with Gasteiger partial charge in [-0.3, -0.25) is 4.79 Å². The summed E-state index contributed by atoms with van der Waals surface area (Å²) in [5.41, 5.74) is 1.96. The number of aromatic hydroxyl groups is 1. The van der Waals surface area contributed by atoms with E-state index in [2.05, 4.69) is 26.1 Å². The van der Waals surface area contributed by atoms with Gasteiger partial charge in [0, 0.05) is 4.47 Å². The number of anilines is 1. The quantitative estimate of drug-likeness (QED) is 0.692. The molecule has 0 aromatic heterocycles. The van der Waals surface area contributed by atoms with Gasteiger partial charge >= 0.3 is 0 Å². The van der Waals surface area contributed by atoms with E-state index in [1.807, 2.05) is 49.4 Å². The molecule has 2 aromatic rings. The number of hydrogen-bond acceptors (Lipinski definition) is 3. The second-order valence-corrected chi connectivity index (χ2v) is 7.57. The van der Waals surface area contributed by atoms with E-state index in [0.29, 0.717) is 12.3 Å². The van der Waals surface area contributed by atoms with Crippen LogP contribution in [0.2, 0.25) is 0 Å². The minimum atomic E-state index is -0.0278. The van der Waals surface area contributed by atoms with Crippen LogP contribution in [0.1, 0.15) is 18.5 Å². The SMILES string of the molecule is C[C@H](NC(=O)C[NH+]1CCN(c2ccccc2O)CC1)c1ccccc1Br. The van der Waals surface area contributed by atoms with Crippen LogP contribution in [0.5, 0.6) is 5.75 Å². The fourth-order valence-electron chi connectivity index (χ4n) is 3.40. The van der Waals surface area contributed by atoms with Crippen LogP contribution in [0.4, 0.5) is 5.69 Å². The lowest BCUT2D eigenvalue weighted by atomic mass is 10.1. The molecule has 0 bridgehead atoms. The first-order chi connectivity index (χ1) is 12.5. The molecule has 6 heteroatoms. The molecule has 3 N–H and O–H groups in total. The van der Waals surface area contributed by atoms with Crippen LogP contribution in [0, 0.1) is 0 Å². The number of quaternary nitrogens is 1. The number of para-hydroxylation sites is 2. The van der Waals surface area contributed by atoms with Gasteiger partial charge in [-0.1, -0.05) is 46.3 Å². The maximum absolute atomic E-state index is 12.4. The number of hydrogen-bond donors (Lipinski definition) is 3. The van der Waals surface area contributed by atoms with E-state index in [-0.39, 0.29) is 11.9 Å². The standard InChI is InChI=1S/C20H24BrN3O2/c1-15(16-6-2-3-7-17(16)21)22-20(26)14-23-10-12-24(13-11-23)18-8-4-5-9-19(18)25/h2-9,15,25H,10-14H2,1H3,(H,22,26)/p+1/t15-/m0/s1. The molecular formula is C20H25BrN3O2+. The third-order valence-electron chi connectivity index (χ3n) is 4.85. The first kappa shape index (κ1) is 18.7. The molecule has 0 spiro atoms. The van der Waals surface area contributed by atoms with Crippen LogP contribution in [0.25, 0.3) is 0 Å². The van der Waals surface area contributed by atoms with Crippen molar-refractivity contribution in [1.29, 1.82) is 0 Å². The van der Waals surface area contributed by atoms with Crippen LogP contribution in [0.3, 0.4) is 0 Å². The van der Waals surface area contributed by atoms with E-state index in [0.717, 1.165) is 41.9 Å². The number of phenolic OH excluding ortho intramolecular Hbond substituents is 1. The van der Waals surface area contributed by atoms with E-state index in [9.17, 15) is 9.90 Å². The largest absolute Gasteiger partial charge is 0.506 e. The molecule has 0 unspecified atom stereocenters. The van der Waals surface area contributed by atoms with Crippen molar-refractivity contribution < 1.29 is 14.8 Å². The van der Waals surface area contributed by atoms with Crippen LogP contribution >= 0.6 is 15.9 Å². The summed E-state index contributed by atoms with van der Waals surface area (Å²) in [7, 11) is 0. The highest BCUT2D eigenvalue weighted by molar-refractivity contribution is 9.10. The lowest BCUT2D eigenvalue weighted by Gasteiger charge is -2.33. The van der Waals surface area contributed by atoms with Crippen molar-refractivity contribution in [2.24, 2.45) is 0 Å². The Bertz CT molecular complexity index is 760. The van der Waals surface area contributed by atoms with Gasteiger partial charge in [-0.2, -0.15) is 0 Å². The van der Waals surface area contributed by atoms with Crippen LogP contribution in [-0.4, -0.2) is 43.7 Å². The van der Waals surface area contributed by atoms with Gasteiger partial charge in [-0.05, 0) is 30.7 Å². The summed E-state index contributed by atoms with van der Waals surface area (Å²) in [6.45, 7) is 5.91. The zero-order valence-electron chi connectivity index (χ0n) is 14.9. The number of nitrogens with zero attached hydrogens (tertiary/aromatic N) is 1. The summed E-state index contributed by atoms with van der Waals surface area (Å²) < 4.78 is 1.01. The van der Waals surface area contributed by atoms with Crippen LogP contribution in [0.15, 0.2) is 53.0 Å². The van der Waals surface area contributed by atoms with Gasteiger partial charge in [-0.15, -0.1) is 0 Å². The van der Waals surface area contributed by atoms with Gasteiger partial charge in [0.15, 0.2) is 6.54 Å². The predicted octanol–water partition coefficient (Wildman–Crippen LogP) is 1.74. The van der Waals surface area contributed by atoms with E-state index < -0.39 is 0 Å². The normalized spacial score (nSPS) is 16.3. The zero-order chi connectivity index (χ0) is 18.5. The van der Waals surface area contributed by atoms with E-state index >= 15 is 0 Å². The van der Waals surface area contributed by atoms with Crippen LogP contribution < -0.4 is 15.1 Å². The van der Waals surface area contributed by atoms with Gasteiger partial charge in [-0.25, -0.2) is 0 Å². The summed E-state index contributed by atoms with van der Waals surface area (Å²) in [4.78, 5) is 15.9. The second-order valence-electron chi connectivity index (χ2n) is 6.71. The lowest BCUT2D eigenvalue weighted by Crippen LogP contribution is -3.15. The van der Waals surface area contributed by atoms with Gasteiger partial charge < -0.3 is 20.2 Å². The van der Waals surface area contributed by atoms with E-state index in [4.69, 9.17) is 0 Å². The Hall–Kier alpha value is -2.05. The molecule has 26 heavy (non-hydrogen) atoms. The van der Waals surface area contributed by atoms with E-state index in [1.165, 1.54) is 4.90 Å². The maximum atomic E-state index is 12.4. The molecule has 1 fully saturated rings. The van der Waals surface area contributed by atoms with Crippen molar-refractivity contribution in [2.75, 3.05) is 37.6 Å². The molecule has 3 rings (SSSR count). The van der Waals surface area contributed by atoms with Crippen molar-refractivity contribution in [3.8, 4) is 5.75 Å². The van der Waals surface area contributed by atoms with Gasteiger partial charge in [0.2, 0.25) is 0 Å². The first-order valence-electron chi connectivity index (χ1n) is 8.95. The summed E-state index contributed by atoms with van der Waals surface area (Å²) in [5, 5.41) is 13.1. The number of carbonyl (C=O) groups is 1.